The molecule has 43 heavy (non-hydrogen) atoms. The van der Waals surface area contributed by atoms with E-state index in [-0.39, 0.29) is 22.0 Å². The summed E-state index contributed by atoms with van der Waals surface area (Å²) >= 11 is -0.393. The number of allylic oxidation sites excluding steroid dienone is 1. The third-order valence-corrected chi connectivity index (χ3v) is 11.9. The van der Waals surface area contributed by atoms with Gasteiger partial charge in [0, 0.05) is 0 Å². The Balaban J connectivity index is 1.82. The number of Topliss-reactive ketones (excluding diaryl/α,β-unsaturated/α-hetero) is 1. The Kier molecular flexibility index (Phi) is 9.73. The summed E-state index contributed by atoms with van der Waals surface area (Å²) in [7, 11) is -2.47. The molecule has 216 valence electrons. The van der Waals surface area contributed by atoms with Gasteiger partial charge in [-0.15, -0.1) is 0 Å². The summed E-state index contributed by atoms with van der Waals surface area (Å²) in [4.78, 5) is 14.3. The van der Waals surface area contributed by atoms with Crippen LogP contribution in [0.3, 0.4) is 0 Å². The van der Waals surface area contributed by atoms with Crippen LogP contribution in [-0.4, -0.2) is 36.3 Å². The summed E-state index contributed by atoms with van der Waals surface area (Å²) in [6.45, 7) is 1.93. The van der Waals surface area contributed by atoms with Crippen LogP contribution >= 0.6 is 0 Å². The van der Waals surface area contributed by atoms with Gasteiger partial charge in [-0.2, -0.15) is 0 Å². The molecule has 0 saturated carbocycles. The van der Waals surface area contributed by atoms with Crippen molar-refractivity contribution in [2.75, 3.05) is 7.11 Å². The molecule has 0 radical (unpaired) electrons. The summed E-state index contributed by atoms with van der Waals surface area (Å²) in [5, 5.41) is 0. The Hall–Kier alpha value is -4.22. The topological polar surface area (TPSA) is 60.4 Å². The van der Waals surface area contributed by atoms with Gasteiger partial charge in [-0.05, 0) is 0 Å². The van der Waals surface area contributed by atoms with E-state index in [1.165, 1.54) is 0 Å². The second kappa shape index (κ2) is 13.8. The normalized spacial score (nSPS) is 12.7. The number of aryl methyl sites for hydroxylation is 1. The molecule has 1 atom stereocenters. The number of ether oxygens (including phenoxy) is 1. The van der Waals surface area contributed by atoms with E-state index in [1.807, 2.05) is 122 Å². The van der Waals surface area contributed by atoms with Crippen molar-refractivity contribution >= 4 is 39.5 Å². The quantitative estimate of drug-likeness (QED) is 0.112. The number of sulfone groups is 1. The van der Waals surface area contributed by atoms with Crippen LogP contribution in [0, 0.1) is 6.92 Å². The monoisotopic (exact) mass is 652 g/mol. The van der Waals surface area contributed by atoms with Crippen LogP contribution in [0.2, 0.25) is 0 Å². The Labute approximate surface area is 260 Å². The molecule has 0 amide bonds. The van der Waals surface area contributed by atoms with Gasteiger partial charge < -0.3 is 0 Å². The first-order valence-corrected chi connectivity index (χ1v) is 17.1. The van der Waals surface area contributed by atoms with Gasteiger partial charge in [0.1, 0.15) is 0 Å². The molecule has 0 aromatic heterocycles. The summed E-state index contributed by atoms with van der Waals surface area (Å²) in [6, 6.07) is 43.0. The van der Waals surface area contributed by atoms with E-state index in [1.54, 1.807) is 31.4 Å². The molecular weight excluding hydrogens is 619 g/mol. The molecule has 0 aliphatic rings. The van der Waals surface area contributed by atoms with Crippen molar-refractivity contribution in [2.45, 2.75) is 24.2 Å². The van der Waals surface area contributed by atoms with Gasteiger partial charge in [0.25, 0.3) is 0 Å². The molecule has 0 saturated heterocycles. The zero-order valence-electron chi connectivity index (χ0n) is 24.0. The first-order chi connectivity index (χ1) is 20.9. The predicted molar refractivity (Wildman–Crippen MR) is 175 cm³/mol. The summed E-state index contributed by atoms with van der Waals surface area (Å²) in [5.74, 6) is -0.219. The summed E-state index contributed by atoms with van der Waals surface area (Å²) in [6.07, 6.45) is -0.0159. The molecule has 0 bridgehead atoms. The molecule has 5 aromatic carbocycles. The molecule has 5 rings (SSSR count). The summed E-state index contributed by atoms with van der Waals surface area (Å²) < 4.78 is 37.0. The Morgan fingerprint density at radius 2 is 1.23 bits per heavy atom. The second-order valence-corrected chi connectivity index (χ2v) is 14.3. The van der Waals surface area contributed by atoms with Crippen molar-refractivity contribution in [3.63, 3.8) is 0 Å². The SMILES string of the molecule is COc1ccc(C(CC(=O)c2ccccc2)/C(=C(/[Se]c2ccccc2)c2ccccc2)S(=O)(=O)c2ccc(C)cc2)cc1. The van der Waals surface area contributed by atoms with Crippen molar-refractivity contribution in [3.05, 3.63) is 167 Å². The van der Waals surface area contributed by atoms with Gasteiger partial charge in [-0.25, -0.2) is 0 Å². The van der Waals surface area contributed by atoms with E-state index < -0.39 is 30.7 Å². The third-order valence-electron chi connectivity index (χ3n) is 7.16. The first-order valence-electron chi connectivity index (χ1n) is 13.9. The van der Waals surface area contributed by atoms with Gasteiger partial charge in [0.15, 0.2) is 0 Å². The fourth-order valence-corrected chi connectivity index (χ4v) is 9.65. The fraction of sp³-hybridized carbons (Fsp3) is 0.108. The maximum atomic E-state index is 14.9. The van der Waals surface area contributed by atoms with Crippen molar-refractivity contribution in [2.24, 2.45) is 0 Å². The standard InChI is InChI=1S/C37H32O4SSe/c1-27-18-24-32(25-19-27)42(39,40)36(37(30-14-8-4-9-15-30)43-33-16-10-5-11-17-33)34(28-20-22-31(41-2)23-21-28)26-35(38)29-12-6-3-7-13-29/h3-25,34H,26H2,1-2H3/b37-36-. The van der Waals surface area contributed by atoms with Crippen LogP contribution in [0.4, 0.5) is 0 Å². The fourth-order valence-electron chi connectivity index (χ4n) is 4.88. The van der Waals surface area contributed by atoms with Gasteiger partial charge in [0.2, 0.25) is 0 Å². The van der Waals surface area contributed by atoms with Crippen LogP contribution in [-0.2, 0) is 9.84 Å². The van der Waals surface area contributed by atoms with Gasteiger partial charge in [-0.1, -0.05) is 0 Å². The van der Waals surface area contributed by atoms with Crippen LogP contribution in [0.25, 0.3) is 4.47 Å². The number of carbonyl (C=O) groups is 1. The predicted octanol–water partition coefficient (Wildman–Crippen LogP) is 7.23. The minimum atomic E-state index is -4.06. The van der Waals surface area contributed by atoms with Crippen molar-refractivity contribution in [3.8, 4) is 5.75 Å². The maximum absolute atomic E-state index is 14.9. The first kappa shape index (κ1) is 30.2. The minimum absolute atomic E-state index is 0.0159. The van der Waals surface area contributed by atoms with Gasteiger partial charge in [0.05, 0.1) is 0 Å². The van der Waals surface area contributed by atoms with E-state index in [4.69, 9.17) is 4.74 Å². The third kappa shape index (κ3) is 7.23. The molecule has 5 aromatic rings. The van der Waals surface area contributed by atoms with E-state index in [0.29, 0.717) is 11.3 Å². The van der Waals surface area contributed by atoms with E-state index in [2.05, 4.69) is 0 Å². The van der Waals surface area contributed by atoms with Crippen LogP contribution in [0.15, 0.2) is 149 Å². The number of methoxy groups -OCH3 is 1. The van der Waals surface area contributed by atoms with Crippen LogP contribution in [0.1, 0.15) is 39.4 Å². The second-order valence-electron chi connectivity index (χ2n) is 10.1. The number of hydrogen-bond acceptors (Lipinski definition) is 4. The Morgan fingerprint density at radius 1 is 0.698 bits per heavy atom. The number of ketones is 1. The van der Waals surface area contributed by atoms with E-state index in [0.717, 1.165) is 25.6 Å². The average Bonchev–Trinajstić information content (AvgIpc) is 3.05. The molecule has 0 N–H and O–H groups in total. The Morgan fingerprint density at radius 3 is 1.79 bits per heavy atom. The zero-order valence-corrected chi connectivity index (χ0v) is 26.5. The zero-order chi connectivity index (χ0) is 30.2. The van der Waals surface area contributed by atoms with Crippen molar-refractivity contribution in [1.29, 1.82) is 0 Å². The number of carbonyl (C=O) groups excluding carboxylic acids is 1. The van der Waals surface area contributed by atoms with E-state index >= 15 is 0 Å². The molecule has 0 heterocycles. The van der Waals surface area contributed by atoms with Gasteiger partial charge >= 0.3 is 261 Å². The van der Waals surface area contributed by atoms with Crippen LogP contribution < -0.4 is 9.20 Å². The Bertz CT molecular complexity index is 1800. The molecular formula is C37H32O4SSe. The van der Waals surface area contributed by atoms with Crippen molar-refractivity contribution < 1.29 is 17.9 Å². The number of benzene rings is 5. The molecule has 0 aliphatic heterocycles. The van der Waals surface area contributed by atoms with Crippen molar-refractivity contribution in [1.82, 2.24) is 0 Å². The number of hydrogen-bond donors (Lipinski definition) is 0. The molecule has 4 nitrogen and oxygen atoms in total. The molecule has 1 unspecified atom stereocenters. The van der Waals surface area contributed by atoms with Gasteiger partial charge in [-0.3, -0.25) is 0 Å². The van der Waals surface area contributed by atoms with E-state index in [9.17, 15) is 13.2 Å². The average molecular weight is 652 g/mol. The molecule has 0 spiro atoms. The number of rotatable bonds is 11. The summed E-state index contributed by atoms with van der Waals surface area (Å²) in [5.41, 5.74) is 3.06. The molecule has 0 aliphatic carbocycles. The molecule has 6 heteroatoms. The molecule has 0 fully saturated rings. The van der Waals surface area contributed by atoms with Crippen LogP contribution in [0.5, 0.6) is 5.75 Å².